The molecule has 0 spiro atoms. The zero-order valence-electron chi connectivity index (χ0n) is 45.7. The minimum Gasteiger partial charge on any atom is -0.491 e. The van der Waals surface area contributed by atoms with E-state index in [9.17, 15) is 0 Å². The van der Waals surface area contributed by atoms with Crippen LogP contribution in [0.2, 0.25) is 0 Å². The van der Waals surface area contributed by atoms with Gasteiger partial charge in [-0.25, -0.2) is 0 Å². The van der Waals surface area contributed by atoms with Crippen LogP contribution in [0.15, 0.2) is 170 Å². The predicted octanol–water partition coefficient (Wildman–Crippen LogP) is 13.8. The maximum Gasteiger partial charge on any atom is 0.123 e. The maximum atomic E-state index is 6.36. The highest BCUT2D eigenvalue weighted by molar-refractivity contribution is 5.93. The Bertz CT molecular complexity index is 2930. The van der Waals surface area contributed by atoms with Crippen molar-refractivity contribution in [2.75, 3.05) is 66.1 Å². The van der Waals surface area contributed by atoms with Crippen LogP contribution < -0.4 is 18.9 Å². The highest BCUT2D eigenvalue weighted by Gasteiger charge is 2.28. The molecule has 6 fully saturated rings. The lowest BCUT2D eigenvalue weighted by Crippen LogP contribution is -2.09. The van der Waals surface area contributed by atoms with Gasteiger partial charge in [0.1, 0.15) is 73.8 Å². The van der Waals surface area contributed by atoms with Gasteiger partial charge in [-0.3, -0.25) is 0 Å². The maximum absolute atomic E-state index is 6.36. The van der Waals surface area contributed by atoms with Crippen LogP contribution in [0, 0.1) is 0 Å². The van der Waals surface area contributed by atoms with E-state index in [2.05, 4.69) is 172 Å². The van der Waals surface area contributed by atoms with E-state index in [0.717, 1.165) is 121 Å². The summed E-state index contributed by atoms with van der Waals surface area (Å²) >= 11 is 0. The Morgan fingerprint density at radius 3 is 1.04 bits per heavy atom. The lowest BCUT2D eigenvalue weighted by molar-refractivity contribution is 0.259. The summed E-state index contributed by atoms with van der Waals surface area (Å²) in [7, 11) is 0. The highest BCUT2D eigenvalue weighted by Crippen LogP contribution is 2.39. The second kappa shape index (κ2) is 28.1. The molecule has 0 amide bonds. The molecule has 0 bridgehead atoms. The smallest absolute Gasteiger partial charge is 0.123 e. The van der Waals surface area contributed by atoms with Crippen molar-refractivity contribution in [1.29, 1.82) is 0 Å². The molecule has 6 unspecified atom stereocenters. The van der Waals surface area contributed by atoms with Crippen LogP contribution in [-0.4, -0.2) is 103 Å². The van der Waals surface area contributed by atoms with Gasteiger partial charge in [0.2, 0.25) is 0 Å². The summed E-state index contributed by atoms with van der Waals surface area (Å²) in [5, 5.41) is 4.40. The Hall–Kier alpha value is -6.76. The van der Waals surface area contributed by atoms with Gasteiger partial charge in [0.05, 0.1) is 51.8 Å². The van der Waals surface area contributed by atoms with Crippen LogP contribution in [0.25, 0.3) is 32.7 Å². The Balaban J connectivity index is 0.000000149. The molecule has 10 nitrogen and oxygen atoms in total. The van der Waals surface area contributed by atoms with Gasteiger partial charge in [-0.05, 0) is 130 Å². The first-order chi connectivity index (χ1) is 39.0. The second-order valence-electron chi connectivity index (χ2n) is 21.2. The molecule has 10 heteroatoms. The molecule has 8 aromatic carbocycles. The van der Waals surface area contributed by atoms with Crippen LogP contribution in [0.1, 0.15) is 67.5 Å². The first kappa shape index (κ1) is 56.5. The summed E-state index contributed by atoms with van der Waals surface area (Å²) in [6, 6.07) is 59.6. The van der Waals surface area contributed by atoms with Crippen LogP contribution >= 0.6 is 0 Å². The van der Waals surface area contributed by atoms with Gasteiger partial charge in [0, 0.05) is 17.5 Å². The van der Waals surface area contributed by atoms with E-state index in [4.69, 9.17) is 47.4 Å². The van der Waals surface area contributed by atoms with E-state index in [-0.39, 0.29) is 31.8 Å². The number of aryl methyl sites for hydroxylation is 4. The molecule has 6 aliphatic rings. The third kappa shape index (κ3) is 17.6. The Morgan fingerprint density at radius 2 is 0.700 bits per heavy atom. The Labute approximate surface area is 473 Å². The van der Waals surface area contributed by atoms with E-state index in [1.165, 1.54) is 46.2 Å². The molecule has 6 aliphatic heterocycles. The number of hydrogen-bond acceptors (Lipinski definition) is 10. The number of hydrogen-bond donors (Lipinski definition) is 0. The summed E-state index contributed by atoms with van der Waals surface area (Å²) in [6.07, 6.45) is 9.30. The monoisotopic (exact) mass is 1080 g/mol. The normalized spacial score (nSPS) is 20.2. The number of epoxide rings is 6. The fourth-order valence-corrected chi connectivity index (χ4v) is 9.35. The molecule has 8 aromatic rings. The molecule has 0 saturated carbocycles. The van der Waals surface area contributed by atoms with Gasteiger partial charge < -0.3 is 47.4 Å². The predicted molar refractivity (Wildman–Crippen MR) is 318 cm³/mol. The van der Waals surface area contributed by atoms with Gasteiger partial charge in [-0.1, -0.05) is 155 Å². The number of fused-ring (bicyclic) bond motifs is 2. The standard InChI is InChI=1S/C33H32O8.C16H18.2C10H12O.CH4/c1-5-22(34-12-24-14-36-24)9-28-20(1)3-7-32(40-18-26-16-38-26)30(28)11-31-29-10-23(35-13-25-15-37-25)6-2-21(29)4-8-33(31)41-19-27-17-39-27;1-3-13-5-9-15(10-6-13)16-11-7-14(4-2)8-12-16;2*1-2-4-9(5-3-1)6-7-10-8-11-10;/h1-10,24-27H,11-19H2;5-12H,3-4H2,1-2H3;2*1-5,10H,6-8H2;1H4. The van der Waals surface area contributed by atoms with Crippen molar-refractivity contribution >= 4 is 21.5 Å². The largest absolute Gasteiger partial charge is 0.491 e. The Morgan fingerprint density at radius 1 is 0.362 bits per heavy atom. The van der Waals surface area contributed by atoms with Crippen molar-refractivity contribution < 1.29 is 47.4 Å². The molecule has 6 heterocycles. The van der Waals surface area contributed by atoms with Crippen LogP contribution in [0.3, 0.4) is 0 Å². The van der Waals surface area contributed by atoms with Crippen LogP contribution in [0.5, 0.6) is 23.0 Å². The third-order valence-electron chi connectivity index (χ3n) is 14.9. The first-order valence-electron chi connectivity index (χ1n) is 28.6. The number of benzene rings is 8. The van der Waals surface area contributed by atoms with Gasteiger partial charge >= 0.3 is 0 Å². The fourth-order valence-electron chi connectivity index (χ4n) is 9.35. The molecule has 6 saturated heterocycles. The summed E-state index contributed by atoms with van der Waals surface area (Å²) in [5.74, 6) is 3.30. The van der Waals surface area contributed by atoms with E-state index in [1.54, 1.807) is 0 Å². The molecule has 418 valence electrons. The first-order valence-corrected chi connectivity index (χ1v) is 28.6. The molecule has 6 atom stereocenters. The number of ether oxygens (including phenoxy) is 10. The molecular weight excluding hydrogens is 1000 g/mol. The third-order valence-corrected chi connectivity index (χ3v) is 14.9. The Kier molecular flexibility index (Phi) is 19.8. The number of rotatable bonds is 23. The summed E-state index contributed by atoms with van der Waals surface area (Å²) < 4.78 is 56.7. The average Bonchev–Trinajstić information content (AvgIpc) is 4.38. The SMILES string of the molecule is C.CCc1ccc(-c2ccc(CC)cc2)cc1.c1cc2ccc(OCC3CO3)c(Cc3c(OCC4CO4)ccc4ccc(OCC5CO5)cc34)c2cc1OCC1CO1.c1ccc(CCC2CO2)cc1.c1ccc(CCC2CO2)cc1. The van der Waals surface area contributed by atoms with E-state index < -0.39 is 0 Å². The van der Waals surface area contributed by atoms with Gasteiger partial charge in [-0.2, -0.15) is 0 Å². The summed E-state index contributed by atoms with van der Waals surface area (Å²) in [6.45, 7) is 11.5. The second-order valence-corrected chi connectivity index (χ2v) is 21.2. The zero-order valence-corrected chi connectivity index (χ0v) is 45.7. The summed E-state index contributed by atoms with van der Waals surface area (Å²) in [4.78, 5) is 0. The van der Waals surface area contributed by atoms with Gasteiger partial charge in [0.25, 0.3) is 0 Å². The summed E-state index contributed by atoms with van der Waals surface area (Å²) in [5.41, 5.74) is 10.4. The molecule has 0 N–H and O–H groups in total. The quantitative estimate of drug-likeness (QED) is 0.0574. The minimum atomic E-state index is 0. The molecule has 0 aliphatic carbocycles. The van der Waals surface area contributed by atoms with E-state index in [1.807, 2.05) is 12.1 Å². The lowest BCUT2D eigenvalue weighted by Gasteiger charge is -2.19. The van der Waals surface area contributed by atoms with Crippen LogP contribution in [0.4, 0.5) is 0 Å². The topological polar surface area (TPSA) is 112 Å². The fraction of sp³-hybridized carbons (Fsp3) is 0.371. The molecule has 0 aromatic heterocycles. The van der Waals surface area contributed by atoms with Crippen molar-refractivity contribution in [2.24, 2.45) is 0 Å². The van der Waals surface area contributed by atoms with E-state index >= 15 is 0 Å². The molecule has 80 heavy (non-hydrogen) atoms. The zero-order chi connectivity index (χ0) is 53.6. The molecule has 0 radical (unpaired) electrons. The minimum absolute atomic E-state index is 0. The van der Waals surface area contributed by atoms with Crippen molar-refractivity contribution in [1.82, 2.24) is 0 Å². The molecule has 14 rings (SSSR count). The van der Waals surface area contributed by atoms with Crippen molar-refractivity contribution in [3.8, 4) is 34.1 Å². The van der Waals surface area contributed by atoms with Crippen molar-refractivity contribution in [2.45, 2.75) is 103 Å². The highest BCUT2D eigenvalue weighted by atomic mass is 16.6. The van der Waals surface area contributed by atoms with Crippen molar-refractivity contribution in [3.05, 3.63) is 203 Å². The van der Waals surface area contributed by atoms with Gasteiger partial charge in [-0.15, -0.1) is 0 Å². The lowest BCUT2D eigenvalue weighted by atomic mass is 9.93. The van der Waals surface area contributed by atoms with E-state index in [0.29, 0.717) is 45.1 Å². The average molecular weight is 1080 g/mol. The molecular formula is C70H78O10. The van der Waals surface area contributed by atoms with Gasteiger partial charge in [0.15, 0.2) is 0 Å². The van der Waals surface area contributed by atoms with Crippen LogP contribution in [-0.2, 0) is 60.5 Å². The van der Waals surface area contributed by atoms with Crippen molar-refractivity contribution in [3.63, 3.8) is 0 Å².